The Bertz CT molecular complexity index is 931. The Morgan fingerprint density at radius 2 is 1.93 bits per heavy atom. The molecule has 0 aromatic heterocycles. The van der Waals surface area contributed by atoms with Crippen molar-refractivity contribution >= 4 is 33.6 Å². The van der Waals surface area contributed by atoms with Crippen molar-refractivity contribution in [3.63, 3.8) is 0 Å². The van der Waals surface area contributed by atoms with Crippen LogP contribution in [0.5, 0.6) is 11.5 Å². The summed E-state index contributed by atoms with van der Waals surface area (Å²) in [6.45, 7) is 4.74. The minimum Gasteiger partial charge on any atom is -0.493 e. The van der Waals surface area contributed by atoms with Crippen molar-refractivity contribution in [2.75, 3.05) is 19.0 Å². The first-order valence-corrected chi connectivity index (χ1v) is 10.8. The lowest BCUT2D eigenvalue weighted by atomic mass is 10.1. The number of benzene rings is 2. The van der Waals surface area contributed by atoms with E-state index in [4.69, 9.17) is 9.47 Å². The molecule has 0 heterocycles. The van der Waals surface area contributed by atoms with Crippen molar-refractivity contribution in [3.8, 4) is 17.6 Å². The normalized spacial score (nSPS) is 11.0. The fraction of sp³-hybridized carbons (Fsp3) is 0.333. The number of amides is 1. The SMILES string of the molecule is CCCCCCOc1c(Br)cc(/C=C(/C#N)C(=O)Nc2ccc(C)cc2)cc1OC. The van der Waals surface area contributed by atoms with E-state index in [0.717, 1.165) is 18.4 Å². The molecule has 0 bridgehead atoms. The van der Waals surface area contributed by atoms with Gasteiger partial charge in [-0.15, -0.1) is 0 Å². The van der Waals surface area contributed by atoms with Crippen LogP contribution in [-0.2, 0) is 4.79 Å². The Labute approximate surface area is 186 Å². The molecule has 2 rings (SSSR count). The van der Waals surface area contributed by atoms with E-state index in [0.29, 0.717) is 33.8 Å². The molecule has 0 aliphatic carbocycles. The van der Waals surface area contributed by atoms with Crippen molar-refractivity contribution in [2.45, 2.75) is 39.5 Å². The van der Waals surface area contributed by atoms with Gasteiger partial charge in [0.25, 0.3) is 5.91 Å². The first-order chi connectivity index (χ1) is 14.5. The second-order valence-electron chi connectivity index (χ2n) is 6.93. The first-order valence-electron chi connectivity index (χ1n) is 9.98. The Hall–Kier alpha value is -2.78. The van der Waals surface area contributed by atoms with Crippen molar-refractivity contribution in [3.05, 3.63) is 57.6 Å². The second kappa shape index (κ2) is 12.0. The van der Waals surface area contributed by atoms with Crippen LogP contribution in [0.3, 0.4) is 0 Å². The van der Waals surface area contributed by atoms with E-state index in [1.54, 1.807) is 31.4 Å². The lowest BCUT2D eigenvalue weighted by molar-refractivity contribution is -0.112. The summed E-state index contributed by atoms with van der Waals surface area (Å²) in [5.41, 5.74) is 2.39. The molecule has 5 nitrogen and oxygen atoms in total. The summed E-state index contributed by atoms with van der Waals surface area (Å²) in [7, 11) is 1.56. The molecule has 2 aromatic carbocycles. The van der Waals surface area contributed by atoms with Gasteiger partial charge in [-0.2, -0.15) is 5.26 Å². The molecule has 30 heavy (non-hydrogen) atoms. The number of nitriles is 1. The maximum Gasteiger partial charge on any atom is 0.266 e. The third-order valence-electron chi connectivity index (χ3n) is 4.48. The van der Waals surface area contributed by atoms with E-state index in [1.807, 2.05) is 25.1 Å². The third kappa shape index (κ3) is 6.93. The number of carbonyl (C=O) groups is 1. The summed E-state index contributed by atoms with van der Waals surface area (Å²) >= 11 is 3.51. The number of carbonyl (C=O) groups excluding carboxylic acids is 1. The maximum atomic E-state index is 12.5. The van der Waals surface area contributed by atoms with Gasteiger partial charge < -0.3 is 14.8 Å². The second-order valence-corrected chi connectivity index (χ2v) is 7.79. The summed E-state index contributed by atoms with van der Waals surface area (Å²) in [6.07, 6.45) is 5.99. The molecular weight excluding hydrogens is 444 g/mol. The van der Waals surface area contributed by atoms with Gasteiger partial charge >= 0.3 is 0 Å². The molecule has 0 saturated heterocycles. The van der Waals surface area contributed by atoms with E-state index >= 15 is 0 Å². The van der Waals surface area contributed by atoms with Crippen molar-refractivity contribution < 1.29 is 14.3 Å². The van der Waals surface area contributed by atoms with Gasteiger partial charge in [-0.25, -0.2) is 0 Å². The number of unbranched alkanes of at least 4 members (excludes halogenated alkanes) is 3. The van der Waals surface area contributed by atoms with Crippen LogP contribution in [0.4, 0.5) is 5.69 Å². The van der Waals surface area contributed by atoms with Crippen LogP contribution in [-0.4, -0.2) is 19.6 Å². The highest BCUT2D eigenvalue weighted by Crippen LogP contribution is 2.37. The van der Waals surface area contributed by atoms with E-state index in [1.165, 1.54) is 18.9 Å². The first kappa shape index (κ1) is 23.5. The molecule has 2 aromatic rings. The Morgan fingerprint density at radius 3 is 2.57 bits per heavy atom. The van der Waals surface area contributed by atoms with Crippen LogP contribution in [0, 0.1) is 18.3 Å². The molecule has 0 aliphatic rings. The van der Waals surface area contributed by atoms with Crippen LogP contribution >= 0.6 is 15.9 Å². The molecule has 0 atom stereocenters. The molecule has 1 N–H and O–H groups in total. The highest BCUT2D eigenvalue weighted by molar-refractivity contribution is 9.10. The predicted octanol–water partition coefficient (Wildman–Crippen LogP) is 6.27. The predicted molar refractivity (Wildman–Crippen MR) is 124 cm³/mol. The standard InChI is InChI=1S/C24H27BrN2O3/c1-4-5-6-7-12-30-23-21(25)14-18(15-22(23)29-3)13-19(16-26)24(28)27-20-10-8-17(2)9-11-20/h8-11,13-15H,4-7,12H2,1-3H3,(H,27,28)/b19-13-. The summed E-state index contributed by atoms with van der Waals surface area (Å²) in [6, 6.07) is 12.9. The van der Waals surface area contributed by atoms with Gasteiger partial charge in [-0.1, -0.05) is 43.9 Å². The zero-order valence-corrected chi connectivity index (χ0v) is 19.2. The average Bonchev–Trinajstić information content (AvgIpc) is 2.74. The fourth-order valence-corrected chi connectivity index (χ4v) is 3.39. The Morgan fingerprint density at radius 1 is 1.20 bits per heavy atom. The Kier molecular flexibility index (Phi) is 9.43. The quantitative estimate of drug-likeness (QED) is 0.252. The van der Waals surface area contributed by atoms with Gasteiger partial charge in [-0.3, -0.25) is 4.79 Å². The van der Waals surface area contributed by atoms with Gasteiger partial charge in [0, 0.05) is 5.69 Å². The Balaban J connectivity index is 2.16. The largest absolute Gasteiger partial charge is 0.493 e. The van der Waals surface area contributed by atoms with Crippen LogP contribution < -0.4 is 14.8 Å². The van der Waals surface area contributed by atoms with Gasteiger partial charge in [0.15, 0.2) is 11.5 Å². The van der Waals surface area contributed by atoms with E-state index in [2.05, 4.69) is 28.2 Å². The summed E-state index contributed by atoms with van der Waals surface area (Å²) < 4.78 is 12.1. The van der Waals surface area contributed by atoms with Crippen molar-refractivity contribution in [2.24, 2.45) is 0 Å². The van der Waals surface area contributed by atoms with E-state index in [-0.39, 0.29) is 5.57 Å². The topological polar surface area (TPSA) is 71.3 Å². The monoisotopic (exact) mass is 470 g/mol. The highest BCUT2D eigenvalue weighted by atomic mass is 79.9. The number of aryl methyl sites for hydroxylation is 1. The molecule has 0 fully saturated rings. The zero-order chi connectivity index (χ0) is 21.9. The summed E-state index contributed by atoms with van der Waals surface area (Å²) in [5.74, 6) is 0.698. The van der Waals surface area contributed by atoms with E-state index in [9.17, 15) is 10.1 Å². The molecule has 1 amide bonds. The number of ether oxygens (including phenoxy) is 2. The number of anilines is 1. The number of nitrogens with zero attached hydrogens (tertiary/aromatic N) is 1. The molecule has 0 radical (unpaired) electrons. The van der Waals surface area contributed by atoms with Crippen LogP contribution in [0.2, 0.25) is 0 Å². The van der Waals surface area contributed by atoms with Gasteiger partial charge in [0.2, 0.25) is 0 Å². The molecule has 0 saturated carbocycles. The zero-order valence-electron chi connectivity index (χ0n) is 17.6. The van der Waals surface area contributed by atoms with Gasteiger partial charge in [0.1, 0.15) is 11.6 Å². The maximum absolute atomic E-state index is 12.5. The molecule has 0 unspecified atom stereocenters. The number of methoxy groups -OCH3 is 1. The number of nitrogens with one attached hydrogen (secondary N) is 1. The average molecular weight is 471 g/mol. The molecular formula is C24H27BrN2O3. The minimum atomic E-state index is -0.465. The lowest BCUT2D eigenvalue weighted by Gasteiger charge is -2.13. The minimum absolute atomic E-state index is 0.00207. The van der Waals surface area contributed by atoms with Gasteiger partial charge in [0.05, 0.1) is 18.2 Å². The molecule has 158 valence electrons. The number of rotatable bonds is 10. The van der Waals surface area contributed by atoms with Crippen molar-refractivity contribution in [1.82, 2.24) is 0 Å². The highest BCUT2D eigenvalue weighted by Gasteiger charge is 2.14. The van der Waals surface area contributed by atoms with Crippen LogP contribution in [0.15, 0.2) is 46.4 Å². The number of halogens is 1. The van der Waals surface area contributed by atoms with Crippen LogP contribution in [0.1, 0.15) is 43.7 Å². The molecule has 0 spiro atoms. The van der Waals surface area contributed by atoms with E-state index < -0.39 is 5.91 Å². The molecule has 0 aliphatic heterocycles. The number of hydrogen-bond donors (Lipinski definition) is 1. The van der Waals surface area contributed by atoms with Crippen molar-refractivity contribution in [1.29, 1.82) is 5.26 Å². The van der Waals surface area contributed by atoms with Crippen LogP contribution in [0.25, 0.3) is 6.08 Å². The lowest BCUT2D eigenvalue weighted by Crippen LogP contribution is -2.13. The fourth-order valence-electron chi connectivity index (χ4n) is 2.82. The smallest absolute Gasteiger partial charge is 0.266 e. The number of hydrogen-bond acceptors (Lipinski definition) is 4. The summed E-state index contributed by atoms with van der Waals surface area (Å²) in [5, 5.41) is 12.2. The summed E-state index contributed by atoms with van der Waals surface area (Å²) in [4.78, 5) is 12.5. The van der Waals surface area contributed by atoms with Gasteiger partial charge in [-0.05, 0) is 65.2 Å². The molecule has 6 heteroatoms. The third-order valence-corrected chi connectivity index (χ3v) is 5.07.